The first-order valence-electron chi connectivity index (χ1n) is 8.75. The predicted molar refractivity (Wildman–Crippen MR) is 122 cm³/mol. The predicted octanol–water partition coefficient (Wildman–Crippen LogP) is 6.22. The van der Waals surface area contributed by atoms with Crippen molar-refractivity contribution in [2.24, 2.45) is 0 Å². The minimum Gasteiger partial charge on any atom is -0.420 e. The topological polar surface area (TPSA) is 107 Å². The first-order valence-corrected chi connectivity index (χ1v) is 12.6. The average Bonchev–Trinajstić information content (AvgIpc) is 2.76. The Kier molecular flexibility index (Phi) is 8.06. The van der Waals surface area contributed by atoms with Gasteiger partial charge in [0.25, 0.3) is 0 Å². The average molecular weight is 707 g/mol. The van der Waals surface area contributed by atoms with Crippen molar-refractivity contribution in [3.8, 4) is 11.5 Å². The lowest BCUT2D eigenvalue weighted by Crippen LogP contribution is -2.20. The number of hydrogen-bond acceptors (Lipinski definition) is 6. The fraction of sp³-hybridized carbons (Fsp3) is 0. The summed E-state index contributed by atoms with van der Waals surface area (Å²) in [7, 11) is -5.71. The van der Waals surface area contributed by atoms with Crippen LogP contribution in [0, 0.1) is 23.3 Å². The molecule has 0 radical (unpaired) electrons. The molecule has 7 nitrogen and oxygen atoms in total. The lowest BCUT2D eigenvalue weighted by atomic mass is 10.1. The summed E-state index contributed by atoms with van der Waals surface area (Å²) >= 11 is 9.63. The van der Waals surface area contributed by atoms with Gasteiger partial charge in [-0.25, -0.2) is 18.4 Å². The Labute approximate surface area is 219 Å². The summed E-state index contributed by atoms with van der Waals surface area (Å²) in [5.41, 5.74) is -1.06. The van der Waals surface area contributed by atoms with E-state index in [1.165, 1.54) is 12.1 Å². The summed E-state index contributed by atoms with van der Waals surface area (Å²) in [4.78, 5) is 23.0. The molecule has 0 fully saturated rings. The Morgan fingerprint density at radius 3 is 1.54 bits per heavy atom. The molecular weight excluding hydrogens is 700 g/mol. The minimum atomic E-state index is -5.71. The van der Waals surface area contributed by atoms with E-state index in [1.807, 2.05) is 0 Å². The third-order valence-corrected chi connectivity index (χ3v) is 6.67. The molecule has 3 aromatic carbocycles. The van der Waals surface area contributed by atoms with Crippen molar-refractivity contribution in [2.75, 3.05) is 0 Å². The van der Waals surface area contributed by atoms with Crippen LogP contribution in [-0.4, -0.2) is 24.9 Å². The van der Waals surface area contributed by atoms with Gasteiger partial charge in [-0.15, -0.1) is 0 Å². The van der Waals surface area contributed by atoms with E-state index in [-0.39, 0.29) is 5.75 Å². The zero-order valence-electron chi connectivity index (χ0n) is 16.4. The van der Waals surface area contributed by atoms with Crippen LogP contribution in [0.4, 0.5) is 17.6 Å². The van der Waals surface area contributed by atoms with Gasteiger partial charge in [0.05, 0.1) is 20.1 Å². The molecule has 0 saturated heterocycles. The maximum atomic E-state index is 14.2. The van der Waals surface area contributed by atoms with Gasteiger partial charge < -0.3 is 9.47 Å². The lowest BCUT2D eigenvalue weighted by Gasteiger charge is -2.13. The summed E-state index contributed by atoms with van der Waals surface area (Å²) in [6, 6.07) is 7.78. The Morgan fingerprint density at radius 1 is 0.743 bits per heavy atom. The lowest BCUT2D eigenvalue weighted by molar-refractivity contribution is 0.0681. The number of rotatable bonds is 5. The van der Waals surface area contributed by atoms with Crippen LogP contribution in [0.15, 0.2) is 54.7 Å². The molecule has 15 heteroatoms. The van der Waals surface area contributed by atoms with E-state index in [9.17, 15) is 35.6 Å². The van der Waals surface area contributed by atoms with Crippen molar-refractivity contribution in [1.82, 2.24) is 0 Å². The number of esters is 2. The maximum absolute atomic E-state index is 14.2. The van der Waals surface area contributed by atoms with Crippen molar-refractivity contribution in [1.29, 1.82) is 0 Å². The fourth-order valence-corrected chi connectivity index (χ4v) is 5.72. The Hall–Kier alpha value is -2.33. The van der Waals surface area contributed by atoms with Crippen molar-refractivity contribution in [3.05, 3.63) is 84.2 Å². The second kappa shape index (κ2) is 10.3. The number of benzene rings is 3. The summed E-state index contributed by atoms with van der Waals surface area (Å²) in [6.07, 6.45) is 0. The smallest absolute Gasteiger partial charge is 0.344 e. The maximum Gasteiger partial charge on any atom is 0.344 e. The van der Waals surface area contributed by atoms with Crippen LogP contribution in [0.3, 0.4) is 0 Å². The van der Waals surface area contributed by atoms with Gasteiger partial charge in [0.1, 0.15) is 0 Å². The Bertz CT molecular complexity index is 1440. The summed E-state index contributed by atoms with van der Waals surface area (Å²) < 4.78 is 98.4. The molecule has 0 aromatic heterocycles. The highest BCUT2D eigenvalue weighted by molar-refractivity contribution is 9.11. The van der Waals surface area contributed by atoms with Crippen molar-refractivity contribution < 1.29 is 49.6 Å². The molecule has 3 rings (SSSR count). The zero-order valence-corrected chi connectivity index (χ0v) is 22.0. The normalized spacial score (nSPS) is 11.3. The highest BCUT2D eigenvalue weighted by atomic mass is 79.9. The van der Waals surface area contributed by atoms with E-state index >= 15 is 0 Å². The molecule has 0 unspecified atom stereocenters. The first-order chi connectivity index (χ1) is 16.2. The standard InChI is InChI=1S/C20H7Br3F4O7S/c21-7-5-10(22)16(11(23)6-7)33-19(28)8-3-1-2-4-9(8)20(29)34-17-12(24)14(26)18(35(30,31)32)15(27)13(17)25/h1-6H,(H,30,31,32). The van der Waals surface area contributed by atoms with Crippen LogP contribution >= 0.6 is 47.8 Å². The number of ether oxygens (including phenoxy) is 2. The molecule has 0 aliphatic carbocycles. The van der Waals surface area contributed by atoms with Gasteiger partial charge in [-0.2, -0.15) is 17.2 Å². The summed E-state index contributed by atoms with van der Waals surface area (Å²) in [5.74, 6) is -14.5. The van der Waals surface area contributed by atoms with E-state index in [0.717, 1.165) is 12.1 Å². The second-order valence-corrected chi connectivity index (χ2v) is 10.4. The van der Waals surface area contributed by atoms with Crippen molar-refractivity contribution >= 4 is 69.8 Å². The van der Waals surface area contributed by atoms with Gasteiger partial charge in [-0.05, 0) is 56.1 Å². The quantitative estimate of drug-likeness (QED) is 0.111. The molecule has 0 atom stereocenters. The van der Waals surface area contributed by atoms with Crippen molar-refractivity contribution in [3.63, 3.8) is 0 Å². The van der Waals surface area contributed by atoms with Crippen LogP contribution in [0.1, 0.15) is 20.7 Å². The molecule has 0 amide bonds. The van der Waals surface area contributed by atoms with E-state index in [1.54, 1.807) is 12.1 Å². The first kappa shape index (κ1) is 27.3. The molecular formula is C20H7Br3F4O7S. The van der Waals surface area contributed by atoms with E-state index in [2.05, 4.69) is 52.5 Å². The van der Waals surface area contributed by atoms with Crippen LogP contribution in [-0.2, 0) is 10.1 Å². The van der Waals surface area contributed by atoms with Gasteiger partial charge in [0.2, 0.25) is 17.4 Å². The molecule has 35 heavy (non-hydrogen) atoms. The van der Waals surface area contributed by atoms with E-state index in [4.69, 9.17) is 9.29 Å². The van der Waals surface area contributed by atoms with Crippen LogP contribution in [0.2, 0.25) is 0 Å². The monoisotopic (exact) mass is 704 g/mol. The van der Waals surface area contributed by atoms with Gasteiger partial charge in [-0.1, -0.05) is 28.1 Å². The SMILES string of the molecule is O=C(Oc1c(Br)cc(Br)cc1Br)c1ccccc1C(=O)Oc1c(F)c(F)c(S(=O)(=O)O)c(F)c1F. The third-order valence-electron chi connectivity index (χ3n) is 4.16. The van der Waals surface area contributed by atoms with Crippen LogP contribution < -0.4 is 9.47 Å². The van der Waals surface area contributed by atoms with Gasteiger partial charge in [0.15, 0.2) is 22.3 Å². The number of halogens is 7. The zero-order chi connectivity index (χ0) is 26.2. The number of carbonyl (C=O) groups excluding carboxylic acids is 2. The molecule has 184 valence electrons. The fourth-order valence-electron chi connectivity index (χ4n) is 2.67. The second-order valence-electron chi connectivity index (χ2n) is 6.41. The van der Waals surface area contributed by atoms with Gasteiger partial charge in [0, 0.05) is 4.47 Å². The molecule has 0 aliphatic rings. The molecule has 1 N–H and O–H groups in total. The minimum absolute atomic E-state index is 0.0170. The Balaban J connectivity index is 2.00. The molecule has 3 aromatic rings. The van der Waals surface area contributed by atoms with Crippen LogP contribution in [0.5, 0.6) is 11.5 Å². The number of hydrogen-bond donors (Lipinski definition) is 1. The molecule has 0 bridgehead atoms. The van der Waals surface area contributed by atoms with Crippen LogP contribution in [0.25, 0.3) is 0 Å². The molecule has 0 heterocycles. The van der Waals surface area contributed by atoms with Gasteiger partial charge in [-0.3, -0.25) is 4.55 Å². The Morgan fingerprint density at radius 2 is 1.14 bits per heavy atom. The largest absolute Gasteiger partial charge is 0.420 e. The van der Waals surface area contributed by atoms with E-state index < -0.39 is 67.1 Å². The third kappa shape index (κ3) is 5.58. The highest BCUT2D eigenvalue weighted by Crippen LogP contribution is 2.37. The van der Waals surface area contributed by atoms with E-state index in [0.29, 0.717) is 13.4 Å². The molecule has 0 saturated carbocycles. The van der Waals surface area contributed by atoms with Gasteiger partial charge >= 0.3 is 22.1 Å². The summed E-state index contributed by atoms with van der Waals surface area (Å²) in [5, 5.41) is 0. The highest BCUT2D eigenvalue weighted by Gasteiger charge is 2.34. The van der Waals surface area contributed by atoms with Crippen molar-refractivity contribution in [2.45, 2.75) is 4.90 Å². The summed E-state index contributed by atoms with van der Waals surface area (Å²) in [6.45, 7) is 0. The molecule has 0 aliphatic heterocycles. The molecule has 0 spiro atoms. The number of carbonyl (C=O) groups is 2.